The number of carboxylic acids is 1. The highest BCUT2D eigenvalue weighted by atomic mass is 16.4. The van der Waals surface area contributed by atoms with Crippen molar-refractivity contribution in [2.45, 2.75) is 19.9 Å². The number of carboxylic acid groups (broad SMARTS) is 1. The number of aryl methyl sites for hydroxylation is 1. The second kappa shape index (κ2) is 6.54. The van der Waals surface area contributed by atoms with Crippen LogP contribution in [0.3, 0.4) is 0 Å². The number of hydrogen-bond acceptors (Lipinski definition) is 3. The molecule has 0 saturated heterocycles. The van der Waals surface area contributed by atoms with Gasteiger partial charge in [-0.25, -0.2) is 9.78 Å². The molecule has 6 nitrogen and oxygen atoms in total. The minimum atomic E-state index is -0.965. The van der Waals surface area contributed by atoms with Crippen molar-refractivity contribution in [2.24, 2.45) is 0 Å². The maximum absolute atomic E-state index is 12.1. The van der Waals surface area contributed by atoms with Crippen LogP contribution >= 0.6 is 0 Å². The molecule has 0 saturated carbocycles. The van der Waals surface area contributed by atoms with Crippen molar-refractivity contribution >= 4 is 17.5 Å². The minimum absolute atomic E-state index is 0.127. The lowest BCUT2D eigenvalue weighted by Crippen LogP contribution is -2.24. The number of hydrogen-bond donors (Lipinski definition) is 2. The average molecular weight is 323 g/mol. The number of fused-ring (bicyclic) bond motifs is 1. The van der Waals surface area contributed by atoms with Crippen molar-refractivity contribution in [3.05, 3.63) is 71.2 Å². The third-order valence-corrected chi connectivity index (χ3v) is 3.70. The van der Waals surface area contributed by atoms with Gasteiger partial charge < -0.3 is 14.8 Å². The predicted molar refractivity (Wildman–Crippen MR) is 88.9 cm³/mol. The molecule has 3 rings (SSSR count). The van der Waals surface area contributed by atoms with Crippen LogP contribution < -0.4 is 5.32 Å². The molecule has 122 valence electrons. The van der Waals surface area contributed by atoms with E-state index in [-0.39, 0.29) is 17.9 Å². The van der Waals surface area contributed by atoms with E-state index in [1.165, 1.54) is 12.1 Å². The molecular formula is C18H17N3O3. The minimum Gasteiger partial charge on any atom is -0.478 e. The van der Waals surface area contributed by atoms with Crippen LogP contribution in [0.4, 0.5) is 0 Å². The van der Waals surface area contributed by atoms with Gasteiger partial charge in [0, 0.05) is 18.9 Å². The van der Waals surface area contributed by atoms with Gasteiger partial charge in [0.25, 0.3) is 0 Å². The summed E-state index contributed by atoms with van der Waals surface area (Å²) < 4.78 is 1.89. The molecule has 2 N–H and O–H groups in total. The van der Waals surface area contributed by atoms with Gasteiger partial charge in [-0.1, -0.05) is 12.1 Å². The molecule has 0 spiro atoms. The van der Waals surface area contributed by atoms with Crippen molar-refractivity contribution in [2.75, 3.05) is 0 Å². The fraction of sp³-hybridized carbons (Fsp3) is 0.167. The van der Waals surface area contributed by atoms with Gasteiger partial charge in [0.1, 0.15) is 5.65 Å². The van der Waals surface area contributed by atoms with Crippen LogP contribution in [0.2, 0.25) is 0 Å². The summed E-state index contributed by atoms with van der Waals surface area (Å²) in [5.74, 6) is -1.09. The number of aromatic nitrogens is 2. The SMILES string of the molecule is Cc1ccn2cc(CC(=O)NCc3ccc(C(=O)O)cc3)nc2c1. The van der Waals surface area contributed by atoms with E-state index < -0.39 is 5.97 Å². The third kappa shape index (κ3) is 3.60. The van der Waals surface area contributed by atoms with E-state index in [2.05, 4.69) is 10.3 Å². The molecule has 24 heavy (non-hydrogen) atoms. The van der Waals surface area contributed by atoms with Crippen molar-refractivity contribution < 1.29 is 14.7 Å². The van der Waals surface area contributed by atoms with Crippen molar-refractivity contribution in [3.63, 3.8) is 0 Å². The van der Waals surface area contributed by atoms with Crippen molar-refractivity contribution in [1.29, 1.82) is 0 Å². The highest BCUT2D eigenvalue weighted by molar-refractivity contribution is 5.87. The maximum atomic E-state index is 12.1. The van der Waals surface area contributed by atoms with Gasteiger partial charge in [0.2, 0.25) is 5.91 Å². The van der Waals surface area contributed by atoms with E-state index in [1.807, 2.05) is 35.9 Å². The Balaban J connectivity index is 1.59. The Morgan fingerprint density at radius 3 is 2.67 bits per heavy atom. The molecule has 6 heteroatoms. The van der Waals surface area contributed by atoms with E-state index in [9.17, 15) is 9.59 Å². The zero-order chi connectivity index (χ0) is 17.1. The van der Waals surface area contributed by atoms with Crippen LogP contribution in [0, 0.1) is 6.92 Å². The maximum Gasteiger partial charge on any atom is 0.335 e. The van der Waals surface area contributed by atoms with Crippen LogP contribution in [0.15, 0.2) is 48.8 Å². The van der Waals surface area contributed by atoms with Crippen LogP contribution in [-0.4, -0.2) is 26.4 Å². The Morgan fingerprint density at radius 2 is 1.96 bits per heavy atom. The van der Waals surface area contributed by atoms with Crippen LogP contribution in [0.5, 0.6) is 0 Å². The number of pyridine rings is 1. The molecule has 2 heterocycles. The summed E-state index contributed by atoms with van der Waals surface area (Å²) in [7, 11) is 0. The largest absolute Gasteiger partial charge is 0.478 e. The second-order valence-corrected chi connectivity index (χ2v) is 5.66. The monoisotopic (exact) mass is 323 g/mol. The Labute approximate surface area is 138 Å². The molecule has 0 unspecified atom stereocenters. The number of aromatic carboxylic acids is 1. The molecule has 0 aliphatic heterocycles. The molecular weight excluding hydrogens is 306 g/mol. The molecule has 0 aliphatic rings. The number of carbonyl (C=O) groups is 2. The van der Waals surface area contributed by atoms with Gasteiger partial charge in [-0.3, -0.25) is 4.79 Å². The first-order valence-electron chi connectivity index (χ1n) is 7.54. The summed E-state index contributed by atoms with van der Waals surface area (Å²) in [6.07, 6.45) is 3.97. The summed E-state index contributed by atoms with van der Waals surface area (Å²) in [6.45, 7) is 2.35. The van der Waals surface area contributed by atoms with Gasteiger partial charge in [-0.15, -0.1) is 0 Å². The van der Waals surface area contributed by atoms with Crippen LogP contribution in [0.1, 0.15) is 27.2 Å². The van der Waals surface area contributed by atoms with Gasteiger partial charge in [-0.05, 0) is 42.3 Å². The Bertz CT molecular complexity index is 898. The Morgan fingerprint density at radius 1 is 1.21 bits per heavy atom. The molecule has 3 aromatic rings. The normalized spacial score (nSPS) is 10.7. The van der Waals surface area contributed by atoms with E-state index in [1.54, 1.807) is 12.1 Å². The molecule has 1 amide bonds. The highest BCUT2D eigenvalue weighted by Crippen LogP contribution is 2.08. The summed E-state index contributed by atoms with van der Waals surface area (Å²) in [4.78, 5) is 27.3. The molecule has 2 aromatic heterocycles. The zero-order valence-corrected chi connectivity index (χ0v) is 13.2. The summed E-state index contributed by atoms with van der Waals surface area (Å²) >= 11 is 0. The first kappa shape index (κ1) is 15.7. The molecule has 0 fully saturated rings. The first-order valence-corrected chi connectivity index (χ1v) is 7.54. The first-order chi connectivity index (χ1) is 11.5. The van der Waals surface area contributed by atoms with Gasteiger partial charge in [0.05, 0.1) is 17.7 Å². The average Bonchev–Trinajstić information content (AvgIpc) is 2.94. The van der Waals surface area contributed by atoms with E-state index >= 15 is 0 Å². The molecule has 0 bridgehead atoms. The molecule has 0 radical (unpaired) electrons. The predicted octanol–water partition coefficient (Wildman–Crippen LogP) is 2.20. The number of rotatable bonds is 5. The van der Waals surface area contributed by atoms with Crippen LogP contribution in [-0.2, 0) is 17.8 Å². The number of imidazole rings is 1. The van der Waals surface area contributed by atoms with Crippen molar-refractivity contribution in [3.8, 4) is 0 Å². The number of nitrogens with zero attached hydrogens (tertiary/aromatic N) is 2. The molecule has 1 aromatic carbocycles. The van der Waals surface area contributed by atoms with Crippen LogP contribution in [0.25, 0.3) is 5.65 Å². The summed E-state index contributed by atoms with van der Waals surface area (Å²) in [5.41, 5.74) is 3.72. The standard InChI is InChI=1S/C18H17N3O3/c1-12-6-7-21-11-15(20-16(21)8-12)9-17(22)19-10-13-2-4-14(5-3-13)18(23)24/h2-8,11H,9-10H2,1H3,(H,19,22)(H,23,24). The van der Waals surface area contributed by atoms with Gasteiger partial charge in [0.15, 0.2) is 0 Å². The van der Waals surface area contributed by atoms with Crippen molar-refractivity contribution in [1.82, 2.24) is 14.7 Å². The summed E-state index contributed by atoms with van der Waals surface area (Å²) in [5, 5.41) is 11.7. The van der Waals surface area contributed by atoms with Gasteiger partial charge in [-0.2, -0.15) is 0 Å². The fourth-order valence-corrected chi connectivity index (χ4v) is 2.41. The van der Waals surface area contributed by atoms with Gasteiger partial charge >= 0.3 is 5.97 Å². The third-order valence-electron chi connectivity index (χ3n) is 3.70. The van der Waals surface area contributed by atoms with E-state index in [0.29, 0.717) is 12.2 Å². The number of benzene rings is 1. The molecule has 0 atom stereocenters. The van der Waals surface area contributed by atoms with E-state index in [0.717, 1.165) is 16.8 Å². The lowest BCUT2D eigenvalue weighted by Gasteiger charge is -2.04. The topological polar surface area (TPSA) is 83.7 Å². The lowest BCUT2D eigenvalue weighted by atomic mass is 10.1. The van der Waals surface area contributed by atoms with E-state index in [4.69, 9.17) is 5.11 Å². The zero-order valence-electron chi connectivity index (χ0n) is 13.2. The highest BCUT2D eigenvalue weighted by Gasteiger charge is 2.08. The summed E-state index contributed by atoms with van der Waals surface area (Å²) in [6, 6.07) is 10.4. The number of nitrogens with one attached hydrogen (secondary N) is 1. The Kier molecular flexibility index (Phi) is 4.29. The number of carbonyl (C=O) groups excluding carboxylic acids is 1. The molecule has 0 aliphatic carbocycles. The second-order valence-electron chi connectivity index (χ2n) is 5.66. The quantitative estimate of drug-likeness (QED) is 0.754. The number of amides is 1. The lowest BCUT2D eigenvalue weighted by molar-refractivity contribution is -0.120. The smallest absolute Gasteiger partial charge is 0.335 e. The fourth-order valence-electron chi connectivity index (χ4n) is 2.41. The Hall–Kier alpha value is -3.15.